The molecule has 2 N–H and O–H groups in total. The summed E-state index contributed by atoms with van der Waals surface area (Å²) in [6.45, 7) is 0.351. The van der Waals surface area contributed by atoms with E-state index in [1.54, 1.807) is 18.2 Å². The maximum absolute atomic E-state index is 13.3. The quantitative estimate of drug-likeness (QED) is 0.512. The van der Waals surface area contributed by atoms with E-state index in [0.717, 1.165) is 43.4 Å². The molecule has 2 atom stereocenters. The van der Waals surface area contributed by atoms with Crippen LogP contribution in [0.3, 0.4) is 0 Å². The van der Waals surface area contributed by atoms with Gasteiger partial charge in [-0.3, -0.25) is 4.79 Å². The van der Waals surface area contributed by atoms with Gasteiger partial charge in [-0.1, -0.05) is 31.4 Å². The molecule has 1 aliphatic rings. The first kappa shape index (κ1) is 23.2. The molecule has 8 heteroatoms. The molecule has 0 unspecified atom stereocenters. The van der Waals surface area contributed by atoms with Gasteiger partial charge in [-0.15, -0.1) is 0 Å². The first-order valence-corrected chi connectivity index (χ1v) is 12.0. The van der Waals surface area contributed by atoms with Crippen LogP contribution in [0.4, 0.5) is 4.39 Å². The lowest BCUT2D eigenvalue weighted by atomic mass is 9.89. The molecule has 31 heavy (non-hydrogen) atoms. The third-order valence-corrected chi connectivity index (χ3v) is 7.72. The van der Waals surface area contributed by atoms with E-state index in [1.165, 1.54) is 16.4 Å². The smallest absolute Gasteiger partial charge is 0.303 e. The number of hydrogen-bond donors (Lipinski definition) is 2. The van der Waals surface area contributed by atoms with Crippen LogP contribution in [0, 0.1) is 11.7 Å². The van der Waals surface area contributed by atoms with Crippen molar-refractivity contribution in [2.45, 2.75) is 55.9 Å². The molecule has 0 radical (unpaired) electrons. The summed E-state index contributed by atoms with van der Waals surface area (Å²) in [5, 5.41) is 18.7. The summed E-state index contributed by atoms with van der Waals surface area (Å²) < 4.78 is 41.4. The van der Waals surface area contributed by atoms with Crippen LogP contribution in [-0.4, -0.2) is 35.5 Å². The first-order valence-electron chi connectivity index (χ1n) is 10.6. The van der Waals surface area contributed by atoms with Crippen LogP contribution in [0.2, 0.25) is 0 Å². The number of aromatic hydroxyl groups is 1. The van der Waals surface area contributed by atoms with Crippen LogP contribution < -0.4 is 0 Å². The number of hydrogen-bond acceptors (Lipinski definition) is 4. The van der Waals surface area contributed by atoms with Crippen molar-refractivity contribution in [2.24, 2.45) is 5.92 Å². The third-order valence-electron chi connectivity index (χ3n) is 5.82. The van der Waals surface area contributed by atoms with Crippen LogP contribution in [0.5, 0.6) is 5.75 Å². The lowest BCUT2D eigenvalue weighted by Crippen LogP contribution is -2.32. The maximum atomic E-state index is 13.3. The van der Waals surface area contributed by atoms with Gasteiger partial charge in [-0.25, -0.2) is 12.8 Å². The second-order valence-electron chi connectivity index (χ2n) is 8.00. The number of sulfonamides is 1. The Hall–Kier alpha value is -2.45. The molecule has 0 bridgehead atoms. The van der Waals surface area contributed by atoms with Gasteiger partial charge in [0.1, 0.15) is 11.6 Å². The van der Waals surface area contributed by atoms with Gasteiger partial charge in [0, 0.05) is 13.0 Å². The van der Waals surface area contributed by atoms with Crippen molar-refractivity contribution in [3.8, 4) is 5.75 Å². The van der Waals surface area contributed by atoms with Crippen molar-refractivity contribution in [3.05, 3.63) is 59.9 Å². The normalized spacial score (nSPS) is 19.5. The summed E-state index contributed by atoms with van der Waals surface area (Å²) in [5.74, 6) is -1.13. The monoisotopic (exact) mass is 449 g/mol. The van der Waals surface area contributed by atoms with E-state index in [-0.39, 0.29) is 23.0 Å². The van der Waals surface area contributed by atoms with Crippen molar-refractivity contribution in [1.82, 2.24) is 4.31 Å². The van der Waals surface area contributed by atoms with E-state index in [9.17, 15) is 22.7 Å². The van der Waals surface area contributed by atoms with E-state index >= 15 is 0 Å². The number of rotatable bonds is 10. The van der Waals surface area contributed by atoms with Gasteiger partial charge in [-0.05, 0) is 67.1 Å². The Labute approximate surface area is 182 Å². The zero-order valence-electron chi connectivity index (χ0n) is 17.3. The Bertz CT molecular complexity index is 993. The number of phenols is 1. The summed E-state index contributed by atoms with van der Waals surface area (Å²) in [4.78, 5) is 10.7. The lowest BCUT2D eigenvalue weighted by Gasteiger charge is -2.28. The molecule has 0 amide bonds. The predicted octanol–water partition coefficient (Wildman–Crippen LogP) is 4.71. The minimum atomic E-state index is -3.83. The van der Waals surface area contributed by atoms with E-state index in [2.05, 4.69) is 0 Å². The largest absolute Gasteiger partial charge is 0.508 e. The van der Waals surface area contributed by atoms with E-state index in [1.807, 2.05) is 6.07 Å². The number of nitrogens with zero attached hydrogens (tertiary/aromatic N) is 1. The number of carbonyl (C=O) groups is 1. The molecule has 0 aliphatic carbocycles. The fourth-order valence-corrected chi connectivity index (χ4v) is 6.01. The van der Waals surface area contributed by atoms with Crippen LogP contribution >= 0.6 is 0 Å². The number of carboxylic acid groups (broad SMARTS) is 1. The molecular formula is C23H28FNO5S. The average molecular weight is 450 g/mol. The fraction of sp³-hybridized carbons (Fsp3) is 0.435. The van der Waals surface area contributed by atoms with Gasteiger partial charge >= 0.3 is 5.97 Å². The van der Waals surface area contributed by atoms with Crippen molar-refractivity contribution in [1.29, 1.82) is 0 Å². The zero-order valence-corrected chi connectivity index (χ0v) is 18.1. The molecule has 1 saturated heterocycles. The number of halogens is 1. The Morgan fingerprint density at radius 2 is 1.77 bits per heavy atom. The number of carboxylic acids is 1. The Balaban J connectivity index is 1.78. The van der Waals surface area contributed by atoms with Gasteiger partial charge < -0.3 is 10.2 Å². The molecule has 1 aliphatic heterocycles. The molecule has 2 aromatic rings. The van der Waals surface area contributed by atoms with Gasteiger partial charge in [0.15, 0.2) is 0 Å². The highest BCUT2D eigenvalue weighted by Gasteiger charge is 2.42. The van der Waals surface area contributed by atoms with E-state index in [0.29, 0.717) is 19.4 Å². The molecule has 0 saturated carbocycles. The summed E-state index contributed by atoms with van der Waals surface area (Å²) >= 11 is 0. The summed E-state index contributed by atoms with van der Waals surface area (Å²) in [7, 11) is -3.83. The summed E-state index contributed by atoms with van der Waals surface area (Å²) in [6.07, 6.45) is 4.90. The highest BCUT2D eigenvalue weighted by atomic mass is 32.2. The molecular weight excluding hydrogens is 421 g/mol. The minimum Gasteiger partial charge on any atom is -0.508 e. The molecule has 3 rings (SSSR count). The van der Waals surface area contributed by atoms with Gasteiger partial charge in [0.05, 0.1) is 10.9 Å². The fourth-order valence-electron chi connectivity index (χ4n) is 4.32. The maximum Gasteiger partial charge on any atom is 0.303 e. The number of phenolic OH excluding ortho intramolecular Hbond substituents is 1. The zero-order chi connectivity index (χ0) is 22.4. The highest BCUT2D eigenvalue weighted by Crippen LogP contribution is 2.43. The molecule has 0 spiro atoms. The van der Waals surface area contributed by atoms with Crippen LogP contribution in [-0.2, 0) is 14.8 Å². The number of aliphatic carboxylic acids is 1. The van der Waals surface area contributed by atoms with Crippen molar-refractivity contribution in [3.63, 3.8) is 0 Å². The lowest BCUT2D eigenvalue weighted by molar-refractivity contribution is -0.137. The third kappa shape index (κ3) is 5.83. The topological polar surface area (TPSA) is 94.9 Å². The Morgan fingerprint density at radius 1 is 1.06 bits per heavy atom. The van der Waals surface area contributed by atoms with Crippen LogP contribution in [0.15, 0.2) is 53.4 Å². The van der Waals surface area contributed by atoms with Crippen molar-refractivity contribution < 1.29 is 27.8 Å². The number of benzene rings is 2. The molecule has 168 valence electrons. The summed E-state index contributed by atoms with van der Waals surface area (Å²) in [6, 6.07) is 11.1. The van der Waals surface area contributed by atoms with E-state index in [4.69, 9.17) is 5.11 Å². The number of unbranched alkanes of at least 4 members (excludes halogenated alkanes) is 3. The molecule has 6 nitrogen and oxygen atoms in total. The molecule has 2 aromatic carbocycles. The van der Waals surface area contributed by atoms with Crippen molar-refractivity contribution >= 4 is 16.0 Å². The highest BCUT2D eigenvalue weighted by molar-refractivity contribution is 7.89. The molecule has 1 heterocycles. The standard InChI is InChI=1S/C23H28FNO5S/c24-19-10-12-21(13-11-19)31(29,30)25-15-14-17(6-3-1-2-4-9-22(27)28)23(25)18-7-5-8-20(26)16-18/h5,7-8,10-13,16-17,23,26H,1-4,6,9,14-15H2,(H,27,28)/t17-,23+/m1/s1. The SMILES string of the molecule is O=C(O)CCCCCC[C@@H]1CCN(S(=O)(=O)c2ccc(F)cc2)[C@@H]1c1cccc(O)c1. The van der Waals surface area contributed by atoms with Gasteiger partial charge in [0.2, 0.25) is 10.0 Å². The van der Waals surface area contributed by atoms with E-state index < -0.39 is 27.9 Å². The average Bonchev–Trinajstić information content (AvgIpc) is 3.15. The van der Waals surface area contributed by atoms with Crippen LogP contribution in [0.1, 0.15) is 56.6 Å². The second kappa shape index (κ2) is 10.2. The van der Waals surface area contributed by atoms with Gasteiger partial charge in [-0.2, -0.15) is 4.31 Å². The first-order chi connectivity index (χ1) is 14.8. The van der Waals surface area contributed by atoms with Crippen LogP contribution in [0.25, 0.3) is 0 Å². The van der Waals surface area contributed by atoms with Gasteiger partial charge in [0.25, 0.3) is 0 Å². The second-order valence-corrected chi connectivity index (χ2v) is 9.90. The summed E-state index contributed by atoms with van der Waals surface area (Å²) in [5.41, 5.74) is 0.735. The molecule has 0 aromatic heterocycles. The van der Waals surface area contributed by atoms with Crippen molar-refractivity contribution in [2.75, 3.05) is 6.54 Å². The minimum absolute atomic E-state index is 0.0494. The Morgan fingerprint density at radius 3 is 2.45 bits per heavy atom. The Kier molecular flexibility index (Phi) is 7.67. The molecule has 1 fully saturated rings. The predicted molar refractivity (Wildman–Crippen MR) is 115 cm³/mol.